The highest BCUT2D eigenvalue weighted by Gasteiger charge is 2.20. The maximum absolute atomic E-state index is 12.1. The van der Waals surface area contributed by atoms with Crippen molar-refractivity contribution in [1.82, 2.24) is 4.90 Å². The Bertz CT molecular complexity index is 400. The number of benzene rings is 1. The number of hydrogen-bond acceptors (Lipinski definition) is 3. The molecule has 1 aromatic carbocycles. The van der Waals surface area contributed by atoms with E-state index >= 15 is 0 Å². The van der Waals surface area contributed by atoms with Crippen molar-refractivity contribution in [1.29, 1.82) is 0 Å². The van der Waals surface area contributed by atoms with E-state index in [1.165, 1.54) is 0 Å². The number of carbonyl (C=O) groups is 1. The van der Waals surface area contributed by atoms with E-state index in [9.17, 15) is 4.79 Å². The summed E-state index contributed by atoms with van der Waals surface area (Å²) in [4.78, 5) is 13.9. The molecule has 1 heterocycles. The molecule has 1 unspecified atom stereocenters. The normalized spacial score (nSPS) is 19.2. The van der Waals surface area contributed by atoms with Crippen LogP contribution in [-0.2, 0) is 4.74 Å². The number of nitrogens with zero attached hydrogens (tertiary/aromatic N) is 1. The summed E-state index contributed by atoms with van der Waals surface area (Å²) < 4.78 is 5.30. The summed E-state index contributed by atoms with van der Waals surface area (Å²) in [7, 11) is 1.82. The smallest absolute Gasteiger partial charge is 0.253 e. The van der Waals surface area contributed by atoms with Crippen molar-refractivity contribution in [3.05, 3.63) is 29.8 Å². The Labute approximate surface area is 101 Å². The highest BCUT2D eigenvalue weighted by molar-refractivity contribution is 5.94. The van der Waals surface area contributed by atoms with Crippen LogP contribution in [0.2, 0.25) is 0 Å². The summed E-state index contributed by atoms with van der Waals surface area (Å²) >= 11 is 0. The molecule has 0 saturated carbocycles. The molecule has 0 aliphatic carbocycles. The van der Waals surface area contributed by atoms with Crippen LogP contribution < -0.4 is 5.73 Å². The maximum atomic E-state index is 12.1. The largest absolute Gasteiger partial charge is 0.399 e. The summed E-state index contributed by atoms with van der Waals surface area (Å²) in [5.41, 5.74) is 6.93. The molecule has 0 radical (unpaired) electrons. The highest BCUT2D eigenvalue weighted by atomic mass is 16.5. The monoisotopic (exact) mass is 234 g/mol. The standard InChI is InChI=1S/C13H18N2O2/c1-15(8-10-5-6-17-9-10)13(16)11-3-2-4-12(14)7-11/h2-4,7,10H,5-6,8-9,14H2,1H3. The zero-order valence-corrected chi connectivity index (χ0v) is 10.1. The van der Waals surface area contributed by atoms with Crippen molar-refractivity contribution in [2.45, 2.75) is 6.42 Å². The number of amides is 1. The van der Waals surface area contributed by atoms with Crippen molar-refractivity contribution in [3.63, 3.8) is 0 Å². The van der Waals surface area contributed by atoms with Gasteiger partial charge in [-0.25, -0.2) is 0 Å². The topological polar surface area (TPSA) is 55.6 Å². The quantitative estimate of drug-likeness (QED) is 0.804. The molecular weight excluding hydrogens is 216 g/mol. The molecule has 4 nitrogen and oxygen atoms in total. The maximum Gasteiger partial charge on any atom is 0.253 e. The number of carbonyl (C=O) groups excluding carboxylic acids is 1. The predicted octanol–water partition coefficient (Wildman–Crippen LogP) is 1.38. The number of hydrogen-bond donors (Lipinski definition) is 1. The zero-order chi connectivity index (χ0) is 12.3. The van der Waals surface area contributed by atoms with Gasteiger partial charge in [-0.05, 0) is 24.6 Å². The van der Waals surface area contributed by atoms with E-state index in [1.54, 1.807) is 29.2 Å². The summed E-state index contributed by atoms with van der Waals surface area (Å²) in [5.74, 6) is 0.481. The molecule has 0 aromatic heterocycles. The van der Waals surface area contributed by atoms with Crippen LogP contribution in [0.1, 0.15) is 16.8 Å². The second-order valence-corrected chi connectivity index (χ2v) is 4.54. The van der Waals surface area contributed by atoms with Crippen molar-refractivity contribution < 1.29 is 9.53 Å². The lowest BCUT2D eigenvalue weighted by Gasteiger charge is -2.20. The molecule has 1 fully saturated rings. The molecule has 1 aromatic rings. The van der Waals surface area contributed by atoms with Gasteiger partial charge in [0.1, 0.15) is 0 Å². The third-order valence-electron chi connectivity index (χ3n) is 3.04. The van der Waals surface area contributed by atoms with Crippen LogP contribution in [0.15, 0.2) is 24.3 Å². The first-order valence-corrected chi connectivity index (χ1v) is 5.85. The number of anilines is 1. The fourth-order valence-corrected chi connectivity index (χ4v) is 2.09. The van der Waals surface area contributed by atoms with E-state index in [4.69, 9.17) is 10.5 Å². The van der Waals surface area contributed by atoms with E-state index in [0.717, 1.165) is 26.2 Å². The molecule has 1 amide bonds. The minimum absolute atomic E-state index is 0.0178. The van der Waals surface area contributed by atoms with E-state index in [0.29, 0.717) is 17.2 Å². The van der Waals surface area contributed by atoms with E-state index in [2.05, 4.69) is 0 Å². The van der Waals surface area contributed by atoms with E-state index in [1.807, 2.05) is 7.05 Å². The fourth-order valence-electron chi connectivity index (χ4n) is 2.09. The minimum atomic E-state index is 0.0178. The lowest BCUT2D eigenvalue weighted by atomic mass is 10.1. The van der Waals surface area contributed by atoms with E-state index in [-0.39, 0.29) is 5.91 Å². The molecular formula is C13H18N2O2. The van der Waals surface area contributed by atoms with Crippen molar-refractivity contribution in [3.8, 4) is 0 Å². The van der Waals surface area contributed by atoms with Gasteiger partial charge in [0.25, 0.3) is 5.91 Å². The van der Waals surface area contributed by atoms with Gasteiger partial charge in [0.05, 0.1) is 6.61 Å². The summed E-state index contributed by atoms with van der Waals surface area (Å²) in [6.07, 6.45) is 1.04. The van der Waals surface area contributed by atoms with Crippen LogP contribution in [0.3, 0.4) is 0 Å². The van der Waals surface area contributed by atoms with Crippen LogP contribution in [-0.4, -0.2) is 37.6 Å². The molecule has 17 heavy (non-hydrogen) atoms. The summed E-state index contributed by atoms with van der Waals surface area (Å²) in [6.45, 7) is 2.31. The summed E-state index contributed by atoms with van der Waals surface area (Å²) in [5, 5.41) is 0. The summed E-state index contributed by atoms with van der Waals surface area (Å²) in [6, 6.07) is 7.08. The van der Waals surface area contributed by atoms with Crippen molar-refractivity contribution >= 4 is 11.6 Å². The van der Waals surface area contributed by atoms with Crippen LogP contribution in [0.25, 0.3) is 0 Å². The zero-order valence-electron chi connectivity index (χ0n) is 10.1. The predicted molar refractivity (Wildman–Crippen MR) is 66.7 cm³/mol. The molecule has 1 aliphatic heterocycles. The SMILES string of the molecule is CN(CC1CCOC1)C(=O)c1cccc(N)c1. The number of rotatable bonds is 3. The van der Waals surface area contributed by atoms with Crippen LogP contribution in [0, 0.1) is 5.92 Å². The van der Waals surface area contributed by atoms with Gasteiger partial charge in [-0.3, -0.25) is 4.79 Å². The number of nitrogen functional groups attached to an aromatic ring is 1. The van der Waals surface area contributed by atoms with Crippen LogP contribution in [0.4, 0.5) is 5.69 Å². The molecule has 0 spiro atoms. The second kappa shape index (κ2) is 5.19. The Kier molecular flexibility index (Phi) is 3.64. The molecule has 1 aliphatic rings. The Balaban J connectivity index is 1.98. The van der Waals surface area contributed by atoms with Gasteiger partial charge >= 0.3 is 0 Å². The Hall–Kier alpha value is -1.55. The van der Waals surface area contributed by atoms with E-state index < -0.39 is 0 Å². The first-order chi connectivity index (χ1) is 8.16. The molecule has 0 bridgehead atoms. The van der Waals surface area contributed by atoms with Gasteiger partial charge in [0, 0.05) is 37.4 Å². The lowest BCUT2D eigenvalue weighted by Crippen LogP contribution is -2.32. The lowest BCUT2D eigenvalue weighted by molar-refractivity contribution is 0.0766. The molecule has 1 saturated heterocycles. The van der Waals surface area contributed by atoms with Gasteiger partial charge in [-0.15, -0.1) is 0 Å². The van der Waals surface area contributed by atoms with Gasteiger partial charge in [-0.1, -0.05) is 6.07 Å². The van der Waals surface area contributed by atoms with Crippen molar-refractivity contribution in [2.75, 3.05) is 32.5 Å². The first-order valence-electron chi connectivity index (χ1n) is 5.85. The average molecular weight is 234 g/mol. The third-order valence-corrected chi connectivity index (χ3v) is 3.04. The van der Waals surface area contributed by atoms with Gasteiger partial charge < -0.3 is 15.4 Å². The Morgan fingerprint density at radius 2 is 2.41 bits per heavy atom. The molecule has 4 heteroatoms. The van der Waals surface area contributed by atoms with Crippen LogP contribution >= 0.6 is 0 Å². The Morgan fingerprint density at radius 1 is 1.59 bits per heavy atom. The number of ether oxygens (including phenoxy) is 1. The van der Waals surface area contributed by atoms with Gasteiger partial charge in [0.2, 0.25) is 0 Å². The number of nitrogens with two attached hydrogens (primary N) is 1. The molecule has 92 valence electrons. The highest BCUT2D eigenvalue weighted by Crippen LogP contribution is 2.15. The van der Waals surface area contributed by atoms with Crippen molar-refractivity contribution in [2.24, 2.45) is 5.92 Å². The minimum Gasteiger partial charge on any atom is -0.399 e. The Morgan fingerprint density at radius 3 is 3.06 bits per heavy atom. The van der Waals surface area contributed by atoms with Gasteiger partial charge in [0.15, 0.2) is 0 Å². The first kappa shape index (κ1) is 11.9. The fraction of sp³-hybridized carbons (Fsp3) is 0.462. The second-order valence-electron chi connectivity index (χ2n) is 4.54. The van der Waals surface area contributed by atoms with Gasteiger partial charge in [-0.2, -0.15) is 0 Å². The molecule has 2 rings (SSSR count). The third kappa shape index (κ3) is 2.97. The average Bonchev–Trinajstić information content (AvgIpc) is 2.80. The molecule has 1 atom stereocenters. The van der Waals surface area contributed by atoms with Crippen LogP contribution in [0.5, 0.6) is 0 Å². The molecule has 2 N–H and O–H groups in total.